The summed E-state index contributed by atoms with van der Waals surface area (Å²) in [6.07, 6.45) is 1.80. The molecule has 3 aromatic rings. The Labute approximate surface area is 185 Å². The van der Waals surface area contributed by atoms with Crippen molar-refractivity contribution in [2.45, 2.75) is 26.7 Å². The number of halogens is 2. The van der Waals surface area contributed by atoms with Crippen LogP contribution in [0, 0.1) is 0 Å². The van der Waals surface area contributed by atoms with Crippen molar-refractivity contribution in [2.75, 3.05) is 11.9 Å². The minimum Gasteiger partial charge on any atom is -0.483 e. The highest BCUT2D eigenvalue weighted by molar-refractivity contribution is 9.10. The van der Waals surface area contributed by atoms with E-state index in [9.17, 15) is 4.79 Å². The molecule has 0 spiro atoms. The molecule has 28 heavy (non-hydrogen) atoms. The van der Waals surface area contributed by atoms with E-state index in [1.54, 1.807) is 0 Å². The monoisotopic (exact) mass is 522 g/mol. The van der Waals surface area contributed by atoms with E-state index < -0.39 is 0 Å². The Kier molecular flexibility index (Phi) is 7.26. The quantitative estimate of drug-likeness (QED) is 0.385. The lowest BCUT2D eigenvalue weighted by atomic mass is 10.1. The summed E-state index contributed by atoms with van der Waals surface area (Å²) in [6, 6.07) is 13.9. The SMILES string of the molecule is CCc1ccc(OCC(=O)Nc2nc(-c3ccc(Br)cc3)c(CC)s2)c(Br)c1. The van der Waals surface area contributed by atoms with E-state index in [0.29, 0.717) is 10.9 Å². The predicted octanol–water partition coefficient (Wildman–Crippen LogP) is 6.48. The van der Waals surface area contributed by atoms with Crippen LogP contribution in [0.25, 0.3) is 11.3 Å². The molecule has 0 unspecified atom stereocenters. The van der Waals surface area contributed by atoms with Crippen molar-refractivity contribution in [3.63, 3.8) is 0 Å². The molecule has 0 radical (unpaired) electrons. The Balaban J connectivity index is 1.66. The summed E-state index contributed by atoms with van der Waals surface area (Å²) in [4.78, 5) is 18.1. The van der Waals surface area contributed by atoms with Crippen molar-refractivity contribution in [3.05, 3.63) is 61.9 Å². The van der Waals surface area contributed by atoms with Crippen molar-refractivity contribution >= 4 is 54.2 Å². The number of benzene rings is 2. The average Bonchev–Trinajstić information content (AvgIpc) is 3.10. The maximum Gasteiger partial charge on any atom is 0.264 e. The molecule has 7 heteroatoms. The average molecular weight is 524 g/mol. The smallest absolute Gasteiger partial charge is 0.264 e. The van der Waals surface area contributed by atoms with Crippen molar-refractivity contribution in [3.8, 4) is 17.0 Å². The third kappa shape index (κ3) is 5.21. The second-order valence-corrected chi connectivity index (χ2v) is 8.96. The highest BCUT2D eigenvalue weighted by atomic mass is 79.9. The Morgan fingerprint density at radius 2 is 1.86 bits per heavy atom. The Hall–Kier alpha value is -1.70. The molecule has 146 valence electrons. The number of carbonyl (C=O) groups is 1. The molecule has 0 aliphatic heterocycles. The van der Waals surface area contributed by atoms with Gasteiger partial charge in [-0.25, -0.2) is 4.98 Å². The summed E-state index contributed by atoms with van der Waals surface area (Å²) < 4.78 is 7.51. The van der Waals surface area contributed by atoms with Gasteiger partial charge in [-0.15, -0.1) is 11.3 Å². The number of nitrogens with zero attached hydrogens (tertiary/aromatic N) is 1. The highest BCUT2D eigenvalue weighted by Crippen LogP contribution is 2.32. The molecule has 4 nitrogen and oxygen atoms in total. The Bertz CT molecular complexity index is 971. The fourth-order valence-electron chi connectivity index (χ4n) is 2.66. The topological polar surface area (TPSA) is 51.2 Å². The predicted molar refractivity (Wildman–Crippen MR) is 122 cm³/mol. The normalized spacial score (nSPS) is 10.7. The molecule has 0 aliphatic carbocycles. The zero-order valence-electron chi connectivity index (χ0n) is 15.6. The fourth-order valence-corrected chi connectivity index (χ4v) is 4.40. The van der Waals surface area contributed by atoms with Gasteiger partial charge in [0, 0.05) is 14.9 Å². The first-order valence-corrected chi connectivity index (χ1v) is 11.4. The standard InChI is InChI=1S/C21H20Br2N2O2S/c1-3-13-5-10-17(16(23)11-13)27-12-19(26)24-21-25-20(18(4-2)28-21)14-6-8-15(22)9-7-14/h5-11H,3-4,12H2,1-2H3,(H,24,25,26). The number of ether oxygens (including phenoxy) is 1. The number of rotatable bonds is 7. The maximum absolute atomic E-state index is 12.3. The van der Waals surface area contributed by atoms with Gasteiger partial charge in [0.25, 0.3) is 5.91 Å². The van der Waals surface area contributed by atoms with Gasteiger partial charge in [0.1, 0.15) is 5.75 Å². The van der Waals surface area contributed by atoms with E-state index in [0.717, 1.165) is 37.9 Å². The van der Waals surface area contributed by atoms with Gasteiger partial charge in [0.15, 0.2) is 11.7 Å². The van der Waals surface area contributed by atoms with Gasteiger partial charge in [-0.2, -0.15) is 0 Å². The van der Waals surface area contributed by atoms with Gasteiger partial charge >= 0.3 is 0 Å². The fraction of sp³-hybridized carbons (Fsp3) is 0.238. The molecule has 1 N–H and O–H groups in total. The van der Waals surface area contributed by atoms with Crippen LogP contribution in [0.15, 0.2) is 51.4 Å². The van der Waals surface area contributed by atoms with Crippen LogP contribution in [0.4, 0.5) is 5.13 Å². The van der Waals surface area contributed by atoms with Crippen molar-refractivity contribution in [1.82, 2.24) is 4.98 Å². The minimum absolute atomic E-state index is 0.0707. The first kappa shape index (κ1) is 21.0. The van der Waals surface area contributed by atoms with E-state index in [1.165, 1.54) is 16.9 Å². The van der Waals surface area contributed by atoms with Crippen molar-refractivity contribution in [1.29, 1.82) is 0 Å². The molecule has 0 fully saturated rings. The molecule has 0 saturated heterocycles. The van der Waals surface area contributed by atoms with Crippen LogP contribution in [0.1, 0.15) is 24.3 Å². The zero-order chi connectivity index (χ0) is 20.1. The lowest BCUT2D eigenvalue weighted by Crippen LogP contribution is -2.20. The number of nitrogens with one attached hydrogen (secondary N) is 1. The lowest BCUT2D eigenvalue weighted by Gasteiger charge is -2.09. The lowest BCUT2D eigenvalue weighted by molar-refractivity contribution is -0.118. The maximum atomic E-state index is 12.3. The van der Waals surface area contributed by atoms with Gasteiger partial charge in [0.05, 0.1) is 10.2 Å². The summed E-state index contributed by atoms with van der Waals surface area (Å²) >= 11 is 8.43. The largest absolute Gasteiger partial charge is 0.483 e. The Morgan fingerprint density at radius 3 is 2.50 bits per heavy atom. The van der Waals surface area contributed by atoms with Crippen molar-refractivity contribution in [2.24, 2.45) is 0 Å². The molecule has 1 amide bonds. The molecule has 0 saturated carbocycles. The molecular weight excluding hydrogens is 504 g/mol. The van der Waals surface area contributed by atoms with Crippen LogP contribution < -0.4 is 10.1 Å². The van der Waals surface area contributed by atoms with Crippen LogP contribution in [0.5, 0.6) is 5.75 Å². The number of hydrogen-bond donors (Lipinski definition) is 1. The second-order valence-electron chi connectivity index (χ2n) is 6.11. The molecule has 0 bridgehead atoms. The zero-order valence-corrected chi connectivity index (χ0v) is 19.6. The summed E-state index contributed by atoms with van der Waals surface area (Å²) in [7, 11) is 0. The van der Waals surface area contributed by atoms with E-state index in [1.807, 2.05) is 42.5 Å². The summed E-state index contributed by atoms with van der Waals surface area (Å²) in [5.41, 5.74) is 3.15. The van der Waals surface area contributed by atoms with E-state index >= 15 is 0 Å². The van der Waals surface area contributed by atoms with E-state index in [2.05, 4.69) is 56.0 Å². The molecule has 0 atom stereocenters. The van der Waals surface area contributed by atoms with Crippen LogP contribution in [0.2, 0.25) is 0 Å². The summed E-state index contributed by atoms with van der Waals surface area (Å²) in [5.74, 6) is 0.418. The minimum atomic E-state index is -0.231. The van der Waals surface area contributed by atoms with Gasteiger partial charge in [-0.05, 0) is 58.6 Å². The van der Waals surface area contributed by atoms with Crippen LogP contribution in [-0.4, -0.2) is 17.5 Å². The van der Waals surface area contributed by atoms with E-state index in [4.69, 9.17) is 4.74 Å². The number of aromatic nitrogens is 1. The van der Waals surface area contributed by atoms with Crippen molar-refractivity contribution < 1.29 is 9.53 Å². The number of amides is 1. The molecule has 0 aliphatic rings. The van der Waals surface area contributed by atoms with Crippen LogP contribution >= 0.6 is 43.2 Å². The number of carbonyl (C=O) groups excluding carboxylic acids is 1. The number of anilines is 1. The van der Waals surface area contributed by atoms with Gasteiger partial charge in [-0.3, -0.25) is 10.1 Å². The van der Waals surface area contributed by atoms with E-state index in [-0.39, 0.29) is 12.5 Å². The van der Waals surface area contributed by atoms with Crippen LogP contribution in [0.3, 0.4) is 0 Å². The second kappa shape index (κ2) is 9.67. The molecule has 2 aromatic carbocycles. The first-order chi connectivity index (χ1) is 13.5. The number of thiazole rings is 1. The molecule has 3 rings (SSSR count). The number of hydrogen-bond acceptors (Lipinski definition) is 4. The van der Waals surface area contributed by atoms with Crippen LogP contribution in [-0.2, 0) is 17.6 Å². The molecule has 1 heterocycles. The molecule has 1 aromatic heterocycles. The molecular formula is C21H20Br2N2O2S. The van der Waals surface area contributed by atoms with Gasteiger partial charge < -0.3 is 4.74 Å². The van der Waals surface area contributed by atoms with Gasteiger partial charge in [-0.1, -0.05) is 48.0 Å². The summed E-state index contributed by atoms with van der Waals surface area (Å²) in [5, 5.41) is 3.44. The highest BCUT2D eigenvalue weighted by Gasteiger charge is 2.14. The van der Waals surface area contributed by atoms with Gasteiger partial charge in [0.2, 0.25) is 0 Å². The number of aryl methyl sites for hydroxylation is 2. The third-order valence-corrected chi connectivity index (χ3v) is 6.41. The first-order valence-electron chi connectivity index (χ1n) is 8.96. The Morgan fingerprint density at radius 1 is 1.11 bits per heavy atom. The summed E-state index contributed by atoms with van der Waals surface area (Å²) in [6.45, 7) is 4.11. The third-order valence-electron chi connectivity index (χ3n) is 4.15.